The van der Waals surface area contributed by atoms with Crippen LogP contribution in [0.1, 0.15) is 0 Å². The summed E-state index contributed by atoms with van der Waals surface area (Å²) in [5, 5.41) is 0. The summed E-state index contributed by atoms with van der Waals surface area (Å²) in [7, 11) is 4.87. The summed E-state index contributed by atoms with van der Waals surface area (Å²) in [5.41, 5.74) is 1.12. The number of rotatable bonds is 4. The first-order valence-electron chi connectivity index (χ1n) is 3.83. The lowest BCUT2D eigenvalue weighted by Gasteiger charge is -2.16. The Bertz CT molecular complexity index is 242. The van der Waals surface area contributed by atoms with Gasteiger partial charge in [0.1, 0.15) is 5.70 Å². The second kappa shape index (κ2) is 5.19. The molecule has 0 saturated carbocycles. The fraction of sp³-hybridized carbons (Fsp3) is 0.300. The van der Waals surface area contributed by atoms with Gasteiger partial charge in [-0.05, 0) is 0 Å². The van der Waals surface area contributed by atoms with Gasteiger partial charge in [-0.25, -0.2) is 4.79 Å². The van der Waals surface area contributed by atoms with Crippen LogP contribution in [0.25, 0.3) is 0 Å². The van der Waals surface area contributed by atoms with Gasteiger partial charge in [-0.15, -0.1) is 0 Å². The second-order valence-electron chi connectivity index (χ2n) is 2.60. The van der Waals surface area contributed by atoms with Gasteiger partial charge in [-0.3, -0.25) is 0 Å². The lowest BCUT2D eigenvalue weighted by atomic mass is 10.2. The zero-order chi connectivity index (χ0) is 10.4. The Hall–Kier alpha value is -1.51. The molecule has 0 amide bonds. The number of hydrogen-bond donors (Lipinski definition) is 0. The van der Waals surface area contributed by atoms with Crippen molar-refractivity contribution < 1.29 is 9.53 Å². The Morgan fingerprint density at radius 1 is 1.31 bits per heavy atom. The van der Waals surface area contributed by atoms with Crippen molar-refractivity contribution in [2.75, 3.05) is 21.2 Å². The summed E-state index contributed by atoms with van der Waals surface area (Å²) >= 11 is 0. The van der Waals surface area contributed by atoms with Crippen LogP contribution in [0.5, 0.6) is 0 Å². The summed E-state index contributed by atoms with van der Waals surface area (Å²) < 4.78 is 4.62. The number of carbonyl (C=O) groups is 1. The topological polar surface area (TPSA) is 29.5 Å². The summed E-state index contributed by atoms with van der Waals surface area (Å²) in [6.45, 7) is 7.18. The van der Waals surface area contributed by atoms with E-state index < -0.39 is 0 Å². The van der Waals surface area contributed by atoms with Gasteiger partial charge < -0.3 is 9.64 Å². The van der Waals surface area contributed by atoms with E-state index in [9.17, 15) is 4.79 Å². The number of nitrogens with zero attached hydrogens (tertiary/aromatic N) is 1. The third-order valence-corrected chi connectivity index (χ3v) is 1.54. The van der Waals surface area contributed by atoms with E-state index in [-0.39, 0.29) is 5.97 Å². The van der Waals surface area contributed by atoms with Crippen LogP contribution >= 0.6 is 0 Å². The maximum absolute atomic E-state index is 11.3. The summed E-state index contributed by atoms with van der Waals surface area (Å²) in [4.78, 5) is 13.0. The summed E-state index contributed by atoms with van der Waals surface area (Å²) in [6, 6.07) is 0. The molecule has 0 radical (unpaired) electrons. The van der Waals surface area contributed by atoms with Crippen LogP contribution in [0.4, 0.5) is 0 Å². The third-order valence-electron chi connectivity index (χ3n) is 1.54. The van der Waals surface area contributed by atoms with Crippen molar-refractivity contribution in [3.05, 3.63) is 36.6 Å². The molecule has 0 aromatic carbocycles. The van der Waals surface area contributed by atoms with E-state index in [1.54, 1.807) is 31.1 Å². The highest BCUT2D eigenvalue weighted by atomic mass is 16.5. The lowest BCUT2D eigenvalue weighted by molar-refractivity contribution is -0.137. The quantitative estimate of drug-likeness (QED) is 0.372. The molecule has 0 fully saturated rings. The minimum atomic E-state index is -0.389. The van der Waals surface area contributed by atoms with E-state index in [1.807, 2.05) is 0 Å². The third kappa shape index (κ3) is 2.78. The maximum Gasteiger partial charge on any atom is 0.354 e. The molecule has 0 atom stereocenters. The highest BCUT2D eigenvalue weighted by Gasteiger charge is 2.14. The van der Waals surface area contributed by atoms with E-state index in [0.717, 1.165) is 0 Å². The Balaban J connectivity index is 5.20. The zero-order valence-electron chi connectivity index (χ0n) is 8.33. The zero-order valence-corrected chi connectivity index (χ0v) is 8.33. The van der Waals surface area contributed by atoms with Crippen LogP contribution < -0.4 is 0 Å². The Morgan fingerprint density at radius 3 is 2.00 bits per heavy atom. The molecule has 0 unspecified atom stereocenters. The van der Waals surface area contributed by atoms with Crippen molar-refractivity contribution in [1.82, 2.24) is 4.90 Å². The number of hydrogen-bond acceptors (Lipinski definition) is 3. The molecule has 0 rings (SSSR count). The number of allylic oxidation sites excluding steroid dienone is 3. The van der Waals surface area contributed by atoms with E-state index in [1.165, 1.54) is 7.11 Å². The molecule has 0 N–H and O–H groups in total. The first-order chi connectivity index (χ1) is 6.08. The maximum atomic E-state index is 11.3. The molecule has 0 bridgehead atoms. The predicted molar refractivity (Wildman–Crippen MR) is 53.1 cm³/mol. The van der Waals surface area contributed by atoms with Crippen molar-refractivity contribution in [1.29, 1.82) is 0 Å². The average molecular weight is 181 g/mol. The largest absolute Gasteiger partial charge is 0.464 e. The standard InChI is InChI=1S/C10H15NO2/c1-6-8(7-2)9(11(3)4)10(12)13-5/h6-7H,1-2H2,3-5H3. The second-order valence-corrected chi connectivity index (χ2v) is 2.60. The molecule has 0 aliphatic heterocycles. The molecule has 0 aliphatic carbocycles. The van der Waals surface area contributed by atoms with E-state index in [4.69, 9.17) is 0 Å². The van der Waals surface area contributed by atoms with Crippen molar-refractivity contribution in [3.63, 3.8) is 0 Å². The van der Waals surface area contributed by atoms with Crippen molar-refractivity contribution in [3.8, 4) is 0 Å². The van der Waals surface area contributed by atoms with E-state index >= 15 is 0 Å². The van der Waals surface area contributed by atoms with Gasteiger partial charge >= 0.3 is 5.97 Å². The first-order valence-corrected chi connectivity index (χ1v) is 3.83. The molecule has 0 saturated heterocycles. The fourth-order valence-corrected chi connectivity index (χ4v) is 0.932. The van der Waals surface area contributed by atoms with Crippen LogP contribution in [-0.4, -0.2) is 32.1 Å². The highest BCUT2D eigenvalue weighted by Crippen LogP contribution is 2.10. The number of methoxy groups -OCH3 is 1. The molecular weight excluding hydrogens is 166 g/mol. The number of ether oxygens (including phenoxy) is 1. The van der Waals surface area contributed by atoms with Crippen LogP contribution in [0.3, 0.4) is 0 Å². The molecule has 0 aliphatic rings. The lowest BCUT2D eigenvalue weighted by Crippen LogP contribution is -2.21. The van der Waals surface area contributed by atoms with E-state index in [2.05, 4.69) is 17.9 Å². The smallest absolute Gasteiger partial charge is 0.354 e. The summed E-state index contributed by atoms with van der Waals surface area (Å²) in [5.74, 6) is -0.389. The van der Waals surface area contributed by atoms with Crippen LogP contribution in [0.2, 0.25) is 0 Å². The first kappa shape index (κ1) is 11.5. The van der Waals surface area contributed by atoms with Gasteiger partial charge in [0.25, 0.3) is 0 Å². The number of esters is 1. The molecule has 13 heavy (non-hydrogen) atoms. The normalized spacial score (nSPS) is 8.54. The molecule has 0 aromatic heterocycles. The molecule has 0 spiro atoms. The van der Waals surface area contributed by atoms with Gasteiger partial charge in [-0.1, -0.05) is 25.3 Å². The van der Waals surface area contributed by atoms with Crippen LogP contribution in [0, 0.1) is 0 Å². The molecule has 72 valence electrons. The molecular formula is C10H15NO2. The predicted octanol–water partition coefficient (Wildman–Crippen LogP) is 1.35. The minimum absolute atomic E-state index is 0.389. The highest BCUT2D eigenvalue weighted by molar-refractivity contribution is 5.89. The van der Waals surface area contributed by atoms with Gasteiger partial charge in [0.05, 0.1) is 7.11 Å². The van der Waals surface area contributed by atoms with E-state index in [0.29, 0.717) is 11.3 Å². The van der Waals surface area contributed by atoms with Crippen LogP contribution in [0.15, 0.2) is 36.6 Å². The Labute approximate surface area is 79.0 Å². The van der Waals surface area contributed by atoms with Crippen LogP contribution in [-0.2, 0) is 9.53 Å². The van der Waals surface area contributed by atoms with Gasteiger partial charge in [0, 0.05) is 19.7 Å². The van der Waals surface area contributed by atoms with Gasteiger partial charge in [0.2, 0.25) is 0 Å². The molecule has 3 nitrogen and oxygen atoms in total. The van der Waals surface area contributed by atoms with Crippen molar-refractivity contribution in [2.45, 2.75) is 0 Å². The van der Waals surface area contributed by atoms with Crippen molar-refractivity contribution >= 4 is 5.97 Å². The summed E-state index contributed by atoms with van der Waals surface area (Å²) in [6.07, 6.45) is 3.14. The fourth-order valence-electron chi connectivity index (χ4n) is 0.932. The number of carbonyl (C=O) groups excluding carboxylic acids is 1. The van der Waals surface area contributed by atoms with Crippen molar-refractivity contribution in [2.24, 2.45) is 0 Å². The monoisotopic (exact) mass is 181 g/mol. The average Bonchev–Trinajstić information content (AvgIpc) is 2.12. The Kier molecular flexibility index (Phi) is 4.59. The molecule has 3 heteroatoms. The minimum Gasteiger partial charge on any atom is -0.464 e. The number of likely N-dealkylation sites (N-methyl/N-ethyl adjacent to an activating group) is 1. The SMILES string of the molecule is C=CC(C=C)=C(C(=O)OC)N(C)C. The molecule has 0 aromatic rings. The van der Waals surface area contributed by atoms with Gasteiger partial charge in [-0.2, -0.15) is 0 Å². The molecule has 0 heterocycles. The van der Waals surface area contributed by atoms with Gasteiger partial charge in [0.15, 0.2) is 0 Å². The Morgan fingerprint density at radius 2 is 1.77 bits per heavy atom.